The van der Waals surface area contributed by atoms with Crippen molar-refractivity contribution in [2.45, 2.75) is 32.2 Å². The van der Waals surface area contributed by atoms with E-state index in [2.05, 4.69) is 10.3 Å². The Kier molecular flexibility index (Phi) is 5.89. The number of benzene rings is 1. The molecule has 0 saturated heterocycles. The summed E-state index contributed by atoms with van der Waals surface area (Å²) in [6.45, 7) is 1.69. The van der Waals surface area contributed by atoms with E-state index in [1.807, 2.05) is 30.3 Å². The number of carboxylic acid groups (broad SMARTS) is 1. The molecule has 1 aromatic heterocycles. The highest BCUT2D eigenvalue weighted by Gasteiger charge is 2.17. The Balaban J connectivity index is 2.12. The topological polar surface area (TPSA) is 99.3 Å². The van der Waals surface area contributed by atoms with Gasteiger partial charge in [0, 0.05) is 24.7 Å². The Morgan fingerprint density at radius 3 is 2.58 bits per heavy atom. The summed E-state index contributed by atoms with van der Waals surface area (Å²) in [5.74, 6) is -1.22. The van der Waals surface area contributed by atoms with Gasteiger partial charge in [0.1, 0.15) is 0 Å². The summed E-state index contributed by atoms with van der Waals surface area (Å²) >= 11 is 0. The van der Waals surface area contributed by atoms with E-state index >= 15 is 0 Å². The number of hydrogen-bond donors (Lipinski definition) is 3. The lowest BCUT2D eigenvalue weighted by atomic mass is 10.0. The highest BCUT2D eigenvalue weighted by molar-refractivity contribution is 5.95. The number of aliphatic carboxylic acids is 1. The maximum absolute atomic E-state index is 12.4. The highest BCUT2D eigenvalue weighted by Crippen LogP contribution is 2.10. The highest BCUT2D eigenvalue weighted by atomic mass is 16.4. The summed E-state index contributed by atoms with van der Waals surface area (Å²) in [4.78, 5) is 37.0. The van der Waals surface area contributed by atoms with Crippen LogP contribution < -0.4 is 10.9 Å². The van der Waals surface area contributed by atoms with Crippen LogP contribution in [-0.2, 0) is 11.2 Å². The summed E-state index contributed by atoms with van der Waals surface area (Å²) in [6, 6.07) is 10.6. The third-order valence-corrected chi connectivity index (χ3v) is 3.74. The van der Waals surface area contributed by atoms with E-state index in [0.717, 1.165) is 5.56 Å². The predicted octanol–water partition coefficient (Wildman–Crippen LogP) is 1.89. The standard InChI is InChI=1S/C18H20N2O4/c1-12-9-16(21)19-11-15(12)18(24)20-14(7-8-17(22)23)10-13-5-3-2-4-6-13/h2-6,9,11,14H,7-8,10H2,1H3,(H,19,21)(H,20,24)(H,22,23). The molecule has 0 aliphatic rings. The van der Waals surface area contributed by atoms with Crippen LogP contribution in [0.5, 0.6) is 0 Å². The predicted molar refractivity (Wildman–Crippen MR) is 90.1 cm³/mol. The van der Waals surface area contributed by atoms with Crippen LogP contribution in [0.2, 0.25) is 0 Å². The third kappa shape index (κ3) is 5.08. The lowest BCUT2D eigenvalue weighted by Crippen LogP contribution is -2.37. The van der Waals surface area contributed by atoms with Gasteiger partial charge in [-0.3, -0.25) is 14.4 Å². The van der Waals surface area contributed by atoms with Gasteiger partial charge in [0.15, 0.2) is 0 Å². The molecule has 0 aliphatic heterocycles. The van der Waals surface area contributed by atoms with Crippen LogP contribution in [-0.4, -0.2) is 28.0 Å². The van der Waals surface area contributed by atoms with Crippen molar-refractivity contribution in [3.8, 4) is 0 Å². The van der Waals surface area contributed by atoms with Crippen LogP contribution >= 0.6 is 0 Å². The number of aromatic amines is 1. The average molecular weight is 328 g/mol. The number of carbonyl (C=O) groups is 2. The van der Waals surface area contributed by atoms with Gasteiger partial charge in [0.2, 0.25) is 5.56 Å². The minimum atomic E-state index is -0.900. The maximum Gasteiger partial charge on any atom is 0.303 e. The van der Waals surface area contributed by atoms with Crippen molar-refractivity contribution in [3.05, 3.63) is 69.6 Å². The zero-order chi connectivity index (χ0) is 17.5. The summed E-state index contributed by atoms with van der Waals surface area (Å²) < 4.78 is 0. The molecule has 0 radical (unpaired) electrons. The number of carboxylic acids is 1. The van der Waals surface area contributed by atoms with Crippen LogP contribution in [0.15, 0.2) is 47.4 Å². The van der Waals surface area contributed by atoms with Crippen LogP contribution in [0.25, 0.3) is 0 Å². The van der Waals surface area contributed by atoms with E-state index < -0.39 is 5.97 Å². The van der Waals surface area contributed by atoms with E-state index in [9.17, 15) is 14.4 Å². The first kappa shape index (κ1) is 17.5. The molecule has 24 heavy (non-hydrogen) atoms. The Morgan fingerprint density at radius 2 is 1.96 bits per heavy atom. The van der Waals surface area contributed by atoms with Crippen LogP contribution in [0.4, 0.5) is 0 Å². The molecule has 1 heterocycles. The second-order valence-corrected chi connectivity index (χ2v) is 5.69. The van der Waals surface area contributed by atoms with Gasteiger partial charge in [-0.05, 0) is 30.9 Å². The zero-order valence-electron chi connectivity index (χ0n) is 13.4. The van der Waals surface area contributed by atoms with Gasteiger partial charge in [-0.25, -0.2) is 0 Å². The van der Waals surface area contributed by atoms with Crippen LogP contribution in [0.1, 0.15) is 34.3 Å². The monoisotopic (exact) mass is 328 g/mol. The number of nitrogens with one attached hydrogen (secondary N) is 2. The molecule has 2 aromatic rings. The van der Waals surface area contributed by atoms with Gasteiger partial charge in [-0.2, -0.15) is 0 Å². The van der Waals surface area contributed by atoms with Crippen molar-refractivity contribution in [2.75, 3.05) is 0 Å². The molecule has 0 saturated carbocycles. The number of carbonyl (C=O) groups excluding carboxylic acids is 1. The quantitative estimate of drug-likeness (QED) is 0.722. The summed E-state index contributed by atoms with van der Waals surface area (Å²) in [6.07, 6.45) is 2.23. The number of amides is 1. The lowest BCUT2D eigenvalue weighted by molar-refractivity contribution is -0.137. The first-order valence-corrected chi connectivity index (χ1v) is 7.71. The van der Waals surface area contributed by atoms with Gasteiger partial charge < -0.3 is 15.4 Å². The Labute approximate surface area is 139 Å². The smallest absolute Gasteiger partial charge is 0.303 e. The van der Waals surface area contributed by atoms with E-state index in [-0.39, 0.29) is 23.9 Å². The maximum atomic E-state index is 12.4. The molecule has 1 atom stereocenters. The summed E-state index contributed by atoms with van der Waals surface area (Å²) in [7, 11) is 0. The zero-order valence-corrected chi connectivity index (χ0v) is 13.4. The molecule has 0 spiro atoms. The summed E-state index contributed by atoms with van der Waals surface area (Å²) in [5.41, 5.74) is 1.71. The first-order valence-electron chi connectivity index (χ1n) is 7.71. The molecule has 0 fully saturated rings. The SMILES string of the molecule is Cc1cc(=O)[nH]cc1C(=O)NC(CCC(=O)O)Cc1ccccc1. The third-order valence-electron chi connectivity index (χ3n) is 3.74. The average Bonchev–Trinajstić information content (AvgIpc) is 2.53. The number of hydrogen-bond acceptors (Lipinski definition) is 3. The normalized spacial score (nSPS) is 11.7. The minimum absolute atomic E-state index is 0.0254. The lowest BCUT2D eigenvalue weighted by Gasteiger charge is -2.19. The van der Waals surface area contributed by atoms with Gasteiger partial charge in [-0.1, -0.05) is 30.3 Å². The summed E-state index contributed by atoms with van der Waals surface area (Å²) in [5, 5.41) is 11.8. The van der Waals surface area contributed by atoms with Crippen molar-refractivity contribution < 1.29 is 14.7 Å². The minimum Gasteiger partial charge on any atom is -0.481 e. The molecule has 1 unspecified atom stereocenters. The van der Waals surface area contributed by atoms with Crippen molar-refractivity contribution >= 4 is 11.9 Å². The number of H-pyrrole nitrogens is 1. The number of rotatable bonds is 7. The van der Waals surface area contributed by atoms with E-state index in [1.165, 1.54) is 12.3 Å². The van der Waals surface area contributed by atoms with Crippen molar-refractivity contribution in [3.63, 3.8) is 0 Å². The van der Waals surface area contributed by atoms with Crippen molar-refractivity contribution in [1.82, 2.24) is 10.3 Å². The molecule has 3 N–H and O–H groups in total. The van der Waals surface area contributed by atoms with Crippen LogP contribution in [0.3, 0.4) is 0 Å². The van der Waals surface area contributed by atoms with E-state index in [4.69, 9.17) is 5.11 Å². The fourth-order valence-corrected chi connectivity index (χ4v) is 2.50. The molecule has 1 aromatic carbocycles. The Hall–Kier alpha value is -2.89. The van der Waals surface area contributed by atoms with Crippen molar-refractivity contribution in [2.24, 2.45) is 0 Å². The molecular weight excluding hydrogens is 308 g/mol. The Morgan fingerprint density at radius 1 is 1.25 bits per heavy atom. The number of aryl methyl sites for hydroxylation is 1. The van der Waals surface area contributed by atoms with Crippen molar-refractivity contribution in [1.29, 1.82) is 0 Å². The van der Waals surface area contributed by atoms with Gasteiger partial charge in [0.25, 0.3) is 5.91 Å². The van der Waals surface area contributed by atoms with Gasteiger partial charge in [0.05, 0.1) is 5.56 Å². The molecule has 126 valence electrons. The molecule has 0 aliphatic carbocycles. The molecule has 2 rings (SSSR count). The largest absolute Gasteiger partial charge is 0.481 e. The second kappa shape index (κ2) is 8.10. The molecule has 6 heteroatoms. The molecule has 1 amide bonds. The molecule has 0 bridgehead atoms. The number of aromatic nitrogens is 1. The first-order chi connectivity index (χ1) is 11.5. The number of pyridine rings is 1. The van der Waals surface area contributed by atoms with Gasteiger partial charge >= 0.3 is 5.97 Å². The Bertz CT molecular complexity index is 768. The second-order valence-electron chi connectivity index (χ2n) is 5.69. The fourth-order valence-electron chi connectivity index (χ4n) is 2.50. The van der Waals surface area contributed by atoms with Gasteiger partial charge in [-0.15, -0.1) is 0 Å². The molecular formula is C18H20N2O4. The van der Waals surface area contributed by atoms with Crippen LogP contribution in [0, 0.1) is 6.92 Å². The fraction of sp³-hybridized carbons (Fsp3) is 0.278. The van der Waals surface area contributed by atoms with E-state index in [1.54, 1.807) is 6.92 Å². The van der Waals surface area contributed by atoms with E-state index in [0.29, 0.717) is 24.0 Å². The molecule has 6 nitrogen and oxygen atoms in total.